The van der Waals surface area contributed by atoms with Gasteiger partial charge in [0.05, 0.1) is 12.5 Å². The summed E-state index contributed by atoms with van der Waals surface area (Å²) in [6.07, 6.45) is -4.49. The van der Waals surface area contributed by atoms with E-state index >= 15 is 0 Å². The number of likely N-dealkylation sites (N-methyl/N-ethyl adjacent to an activating group) is 1. The number of nitrogens with one attached hydrogen (secondary N) is 2. The third-order valence-electron chi connectivity index (χ3n) is 5.43. The van der Waals surface area contributed by atoms with Crippen LogP contribution in [-0.4, -0.2) is 53.1 Å². The van der Waals surface area contributed by atoms with E-state index in [2.05, 4.69) is 15.4 Å². The van der Waals surface area contributed by atoms with Crippen LogP contribution in [0.2, 0.25) is 0 Å². The number of ether oxygens (including phenoxy) is 1. The summed E-state index contributed by atoms with van der Waals surface area (Å²) in [5.41, 5.74) is 0.558. The lowest BCUT2D eigenvalue weighted by Gasteiger charge is -2.28. The van der Waals surface area contributed by atoms with Crippen molar-refractivity contribution in [1.29, 1.82) is 0 Å². The zero-order valence-corrected chi connectivity index (χ0v) is 19.4. The molecule has 0 spiro atoms. The molecule has 3 amide bonds. The Kier molecular flexibility index (Phi) is 7.84. The number of carbonyl (C=O) groups is 4. The Morgan fingerprint density at radius 2 is 1.84 bits per heavy atom. The maximum atomic E-state index is 14.5. The molecule has 2 aromatic rings. The number of hydrogen-bond acceptors (Lipinski definition) is 5. The maximum Gasteiger partial charge on any atom is 0.573 e. The van der Waals surface area contributed by atoms with Gasteiger partial charge < -0.3 is 25.4 Å². The highest BCUT2D eigenvalue weighted by Gasteiger charge is 2.35. The second-order valence-corrected chi connectivity index (χ2v) is 8.14. The second-order valence-electron chi connectivity index (χ2n) is 8.14. The molecule has 1 aliphatic heterocycles. The molecule has 0 saturated carbocycles. The van der Waals surface area contributed by atoms with Crippen LogP contribution in [0.15, 0.2) is 54.2 Å². The first-order chi connectivity index (χ1) is 17.2. The van der Waals surface area contributed by atoms with Crippen LogP contribution in [0.1, 0.15) is 24.9 Å². The number of carbonyl (C=O) groups excluding carboxylic acids is 3. The molecule has 0 aliphatic carbocycles. The van der Waals surface area contributed by atoms with Crippen molar-refractivity contribution in [1.82, 2.24) is 15.5 Å². The van der Waals surface area contributed by atoms with Crippen molar-refractivity contribution in [2.24, 2.45) is 0 Å². The number of nitrogens with zero attached hydrogens (tertiary/aromatic N) is 1. The molecule has 2 atom stereocenters. The first kappa shape index (κ1) is 27.2. The van der Waals surface area contributed by atoms with Gasteiger partial charge in [0, 0.05) is 18.8 Å². The number of halogens is 4. The van der Waals surface area contributed by atoms with Crippen LogP contribution < -0.4 is 15.4 Å². The molecule has 2 unspecified atom stereocenters. The lowest BCUT2D eigenvalue weighted by molar-refractivity contribution is -0.274. The summed E-state index contributed by atoms with van der Waals surface area (Å²) < 4.78 is 56.1. The second kappa shape index (κ2) is 10.7. The van der Waals surface area contributed by atoms with E-state index in [-0.39, 0.29) is 16.7 Å². The number of hydrogen-bond donors (Lipinski definition) is 3. The van der Waals surface area contributed by atoms with Crippen molar-refractivity contribution < 1.29 is 46.6 Å². The molecule has 1 aliphatic rings. The highest BCUT2D eigenvalue weighted by atomic mass is 19.4. The molecule has 13 heteroatoms. The van der Waals surface area contributed by atoms with Crippen LogP contribution in [0.25, 0.3) is 11.1 Å². The summed E-state index contributed by atoms with van der Waals surface area (Å²) in [5.74, 6) is -4.15. The van der Waals surface area contributed by atoms with E-state index in [1.54, 1.807) is 0 Å². The Balaban J connectivity index is 1.87. The van der Waals surface area contributed by atoms with E-state index in [1.807, 2.05) is 0 Å². The molecular weight excluding hydrogens is 502 g/mol. The fraction of sp³-hybridized carbons (Fsp3) is 0.250. The number of ketones is 1. The van der Waals surface area contributed by atoms with Crippen LogP contribution in [0, 0.1) is 5.82 Å². The van der Waals surface area contributed by atoms with E-state index in [0.717, 1.165) is 35.2 Å². The normalized spacial score (nSPS) is 16.6. The molecule has 3 N–H and O–H groups in total. The van der Waals surface area contributed by atoms with Crippen molar-refractivity contribution in [2.45, 2.75) is 31.8 Å². The number of allylic oxidation sites excluding steroid dienone is 1. The highest BCUT2D eigenvalue weighted by Crippen LogP contribution is 2.31. The van der Waals surface area contributed by atoms with E-state index < -0.39 is 60.1 Å². The van der Waals surface area contributed by atoms with Crippen LogP contribution in [0.5, 0.6) is 5.75 Å². The molecule has 2 aromatic carbocycles. The molecule has 0 radical (unpaired) electrons. The van der Waals surface area contributed by atoms with Crippen LogP contribution >= 0.6 is 0 Å². The first-order valence-electron chi connectivity index (χ1n) is 10.7. The molecule has 0 saturated heterocycles. The Morgan fingerprint density at radius 1 is 1.14 bits per heavy atom. The fourth-order valence-corrected chi connectivity index (χ4v) is 3.62. The van der Waals surface area contributed by atoms with Gasteiger partial charge in [0.1, 0.15) is 11.6 Å². The van der Waals surface area contributed by atoms with Gasteiger partial charge in [-0.1, -0.05) is 12.1 Å². The Bertz CT molecular complexity index is 1280. The number of benzene rings is 2. The van der Waals surface area contributed by atoms with E-state index in [9.17, 15) is 41.8 Å². The molecule has 3 rings (SSSR count). The molecular formula is C24H21F4N3O6. The Morgan fingerprint density at radius 3 is 2.49 bits per heavy atom. The highest BCUT2D eigenvalue weighted by molar-refractivity contribution is 6.14. The molecule has 0 aromatic heterocycles. The SMILES string of the molecule is CC1=CC(=O)C(NC(=O)NC(CC(=O)O)c2cc(F)cc(-c3cccc(OC(F)(F)F)c3)c2)C(=O)N1C. The van der Waals surface area contributed by atoms with E-state index in [0.29, 0.717) is 5.70 Å². The fourth-order valence-electron chi connectivity index (χ4n) is 3.62. The first-order valence-corrected chi connectivity index (χ1v) is 10.7. The van der Waals surface area contributed by atoms with E-state index in [1.165, 1.54) is 32.2 Å². The monoisotopic (exact) mass is 523 g/mol. The lowest BCUT2D eigenvalue weighted by atomic mass is 9.97. The lowest BCUT2D eigenvalue weighted by Crippen LogP contribution is -2.56. The minimum atomic E-state index is -4.94. The smallest absolute Gasteiger partial charge is 0.481 e. The number of rotatable bonds is 7. The number of urea groups is 1. The van der Waals surface area contributed by atoms with Crippen LogP contribution in [0.4, 0.5) is 22.4 Å². The molecule has 1 heterocycles. The third kappa shape index (κ3) is 7.06. The van der Waals surface area contributed by atoms with Gasteiger partial charge in [-0.2, -0.15) is 0 Å². The minimum absolute atomic E-state index is 0.0242. The predicted molar refractivity (Wildman–Crippen MR) is 121 cm³/mol. The standard InChI is InChI=1S/C24H21F4N3O6/c1-12-6-19(32)21(22(35)31(12)2)30-23(36)29-18(11-20(33)34)15-7-14(8-16(25)9-15)13-4-3-5-17(10-13)37-24(26,27)28/h3-10,18,21H,11H2,1-2H3,(H,33,34)(H2,29,30,36). The van der Waals surface area contributed by atoms with Crippen molar-refractivity contribution >= 4 is 23.7 Å². The summed E-state index contributed by atoms with van der Waals surface area (Å²) in [5, 5.41) is 13.8. The number of alkyl halides is 3. The van der Waals surface area contributed by atoms with Gasteiger partial charge in [-0.3, -0.25) is 14.4 Å². The predicted octanol–water partition coefficient (Wildman–Crippen LogP) is 3.52. The number of aliphatic carboxylic acids is 1. The number of carboxylic acids is 1. The molecule has 196 valence electrons. The topological polar surface area (TPSA) is 125 Å². The summed E-state index contributed by atoms with van der Waals surface area (Å²) in [6, 6.07) is 4.04. The number of carboxylic acid groups (broad SMARTS) is 1. The molecule has 0 fully saturated rings. The zero-order valence-electron chi connectivity index (χ0n) is 19.4. The quantitative estimate of drug-likeness (QED) is 0.377. The largest absolute Gasteiger partial charge is 0.573 e. The summed E-state index contributed by atoms with van der Waals surface area (Å²) in [4.78, 5) is 49.8. The van der Waals surface area contributed by atoms with Gasteiger partial charge in [-0.25, -0.2) is 9.18 Å². The van der Waals surface area contributed by atoms with Gasteiger partial charge in [0.15, 0.2) is 11.8 Å². The van der Waals surface area contributed by atoms with Gasteiger partial charge in [0.25, 0.3) is 5.91 Å². The van der Waals surface area contributed by atoms with Gasteiger partial charge in [-0.15, -0.1) is 13.2 Å². The van der Waals surface area contributed by atoms with Crippen molar-refractivity contribution in [2.75, 3.05) is 7.05 Å². The van der Waals surface area contributed by atoms with Gasteiger partial charge in [-0.05, 0) is 53.9 Å². The number of amides is 3. The van der Waals surface area contributed by atoms with Crippen LogP contribution in [-0.2, 0) is 14.4 Å². The Hall–Kier alpha value is -4.42. The van der Waals surface area contributed by atoms with Crippen molar-refractivity contribution in [3.8, 4) is 16.9 Å². The summed E-state index contributed by atoms with van der Waals surface area (Å²) in [6.45, 7) is 1.53. The van der Waals surface area contributed by atoms with Gasteiger partial charge in [0.2, 0.25) is 0 Å². The Labute approximate surface area is 207 Å². The average molecular weight is 523 g/mol. The van der Waals surface area contributed by atoms with Gasteiger partial charge >= 0.3 is 18.4 Å². The maximum absolute atomic E-state index is 14.5. The minimum Gasteiger partial charge on any atom is -0.481 e. The average Bonchev–Trinajstić information content (AvgIpc) is 2.78. The zero-order chi connectivity index (χ0) is 27.5. The third-order valence-corrected chi connectivity index (χ3v) is 5.43. The van der Waals surface area contributed by atoms with E-state index in [4.69, 9.17) is 0 Å². The van der Waals surface area contributed by atoms with Crippen LogP contribution in [0.3, 0.4) is 0 Å². The summed E-state index contributed by atoms with van der Waals surface area (Å²) >= 11 is 0. The molecule has 37 heavy (non-hydrogen) atoms. The molecule has 9 nitrogen and oxygen atoms in total. The van der Waals surface area contributed by atoms with Crippen molar-refractivity contribution in [3.63, 3.8) is 0 Å². The van der Waals surface area contributed by atoms with Crippen molar-refractivity contribution in [3.05, 3.63) is 65.6 Å². The molecule has 0 bridgehead atoms. The summed E-state index contributed by atoms with van der Waals surface area (Å²) in [7, 11) is 1.41.